The minimum Gasteiger partial charge on any atom is -0.394 e. The van der Waals surface area contributed by atoms with Crippen molar-refractivity contribution in [3.05, 3.63) is 0 Å². The zero-order valence-corrected chi connectivity index (χ0v) is 42.7. The second-order valence-electron chi connectivity index (χ2n) is 19.7. The molecule has 6 heterocycles. The monoisotopic (exact) mass is 1160 g/mol. The topological polar surface area (TPSA) is 542 Å². The van der Waals surface area contributed by atoms with Crippen LogP contribution in [0.3, 0.4) is 0 Å². The van der Waals surface area contributed by atoms with Crippen LogP contribution in [0.5, 0.6) is 0 Å². The van der Waals surface area contributed by atoms with Gasteiger partial charge in [-0.1, -0.05) is 0 Å². The number of hydrogen-bond donors (Lipinski definition) is 20. The summed E-state index contributed by atoms with van der Waals surface area (Å²) in [6.07, 6.45) is -53.1. The van der Waals surface area contributed by atoms with Crippen molar-refractivity contribution in [1.82, 2.24) is 16.0 Å². The quantitative estimate of drug-likeness (QED) is 0.0423. The second-order valence-corrected chi connectivity index (χ2v) is 19.7. The zero-order valence-electron chi connectivity index (χ0n) is 42.7. The van der Waals surface area contributed by atoms with Gasteiger partial charge in [0.1, 0.15) is 140 Å². The van der Waals surface area contributed by atoms with Gasteiger partial charge < -0.3 is 160 Å². The average Bonchev–Trinajstić information content (AvgIpc) is 3.44. The number of amides is 3. The molecule has 31 atom stereocenters. The van der Waals surface area contributed by atoms with Crippen molar-refractivity contribution in [1.29, 1.82) is 0 Å². The molecule has 0 bridgehead atoms. The van der Waals surface area contributed by atoms with Crippen LogP contribution in [0.15, 0.2) is 0 Å². The van der Waals surface area contributed by atoms with E-state index in [1.807, 2.05) is 0 Å². The molecule has 0 saturated carbocycles. The Hall–Kier alpha value is -2.75. The van der Waals surface area contributed by atoms with Gasteiger partial charge in [-0.3, -0.25) is 14.4 Å². The van der Waals surface area contributed by atoms with Crippen LogP contribution in [0.4, 0.5) is 0 Å². The predicted octanol–water partition coefficient (Wildman–Crippen LogP) is -13.7. The van der Waals surface area contributed by atoms with Crippen LogP contribution in [0.1, 0.15) is 20.8 Å². The van der Waals surface area contributed by atoms with E-state index in [-0.39, 0.29) is 6.41 Å². The summed E-state index contributed by atoms with van der Waals surface area (Å²) in [6.45, 7) is -2.63. The van der Waals surface area contributed by atoms with Crippen LogP contribution in [-0.2, 0) is 71.2 Å². The Morgan fingerprint density at radius 1 is 0.443 bits per heavy atom. The minimum absolute atomic E-state index is 0.259. The first-order valence-electron chi connectivity index (χ1n) is 25.2. The molecule has 6 rings (SSSR count). The lowest BCUT2D eigenvalue weighted by molar-refractivity contribution is -0.393. The van der Waals surface area contributed by atoms with Gasteiger partial charge in [0.2, 0.25) is 18.2 Å². The van der Waals surface area contributed by atoms with Gasteiger partial charge in [0.25, 0.3) is 0 Å². The first-order chi connectivity index (χ1) is 37.4. The standard InChI is InChI=1S/C44H75N3O32/c1-12-23(56)28(61)31(64)42(70-12)77-36-19(8-52)73-40(22(47-14(3)55)37(36)78-43-32(65)29(62)25(58)17(6-50)72-43)79-38-26(59)20(10-69-39-21(46-13(2)54)27(60)24(57)16(5-49)71-39)75-44(34(38)67)76-35-18(7-51)74-41(33(66)30(35)63)68-9-15(4-48)45-11-53/h11-12,15-44,48-52,56-67H,4-10H2,1-3H3,(H,45,53)(H,46,54)(H,47,55)/t12-,15+,16+,17+,18+,19+,20+,21+,22+,23+,24+,25-,26-,27+,28+,29-,30+,31-,32+,33+,34+,35+,36+,37+,38-,39+,40-,41+,42-,43-,44-/m0/s1. The highest BCUT2D eigenvalue weighted by molar-refractivity contribution is 5.73. The number of carbonyl (C=O) groups is 3. The second kappa shape index (κ2) is 29.2. The molecular formula is C44H75N3O32. The SMILES string of the molecule is CC(=O)N[C@H]1[C@H](OC[C@H]2O[C@@H](O[C@H]3[C@H](O)[C@@H](O)[C@H](OC[C@@H](CO)NC=O)O[C@@H]3CO)[C@H](O)[C@@H](O[C@@H]3O[C@H](CO)[C@@H](O[C@@H]4O[C@@H](C)[C@@H](O)[C@@H](O)[C@@H]4O)[C@H](O[C@@H]4O[C@H](CO)[C@H](O)[C@H](O)[C@H]4O)[C@H]3NC(C)=O)[C@H]2O)O[C@H](CO)[C@@H](O)[C@@H]1O. The molecule has 0 radical (unpaired) electrons. The first-order valence-corrected chi connectivity index (χ1v) is 25.2. The molecule has 0 aromatic heterocycles. The molecular weight excluding hydrogens is 1080 g/mol. The van der Waals surface area contributed by atoms with E-state index in [0.29, 0.717) is 0 Å². The molecule has 458 valence electrons. The fourth-order valence-corrected chi connectivity index (χ4v) is 9.74. The van der Waals surface area contributed by atoms with E-state index in [1.165, 1.54) is 6.92 Å². The van der Waals surface area contributed by atoms with Crippen LogP contribution < -0.4 is 16.0 Å². The van der Waals surface area contributed by atoms with Gasteiger partial charge in [0.15, 0.2) is 37.7 Å². The third-order valence-electron chi connectivity index (χ3n) is 14.1. The molecule has 0 aromatic rings. The van der Waals surface area contributed by atoms with Gasteiger partial charge in [-0.2, -0.15) is 0 Å². The Morgan fingerprint density at radius 2 is 0.899 bits per heavy atom. The van der Waals surface area contributed by atoms with Crippen molar-refractivity contribution in [3.8, 4) is 0 Å². The van der Waals surface area contributed by atoms with Gasteiger partial charge in [-0.15, -0.1) is 0 Å². The molecule has 0 aliphatic carbocycles. The Morgan fingerprint density at radius 3 is 1.48 bits per heavy atom. The lowest BCUT2D eigenvalue weighted by atomic mass is 9.93. The Kier molecular flexibility index (Phi) is 24.2. The van der Waals surface area contributed by atoms with Gasteiger partial charge >= 0.3 is 0 Å². The van der Waals surface area contributed by atoms with E-state index >= 15 is 0 Å². The molecule has 0 spiro atoms. The number of carbonyl (C=O) groups excluding carboxylic acids is 3. The molecule has 6 aliphatic heterocycles. The maximum absolute atomic E-state index is 13.2. The number of aliphatic hydroxyl groups excluding tert-OH is 17. The van der Waals surface area contributed by atoms with Crippen LogP contribution in [-0.4, -0.2) is 341 Å². The van der Waals surface area contributed by atoms with Crippen molar-refractivity contribution in [2.24, 2.45) is 0 Å². The highest BCUT2D eigenvalue weighted by Crippen LogP contribution is 2.38. The summed E-state index contributed by atoms with van der Waals surface area (Å²) in [5.41, 5.74) is 0. The van der Waals surface area contributed by atoms with Crippen molar-refractivity contribution < 1.29 is 158 Å². The van der Waals surface area contributed by atoms with Crippen molar-refractivity contribution in [3.63, 3.8) is 0 Å². The number of nitrogens with one attached hydrogen (secondary N) is 3. The van der Waals surface area contributed by atoms with E-state index in [1.54, 1.807) is 0 Å². The number of aliphatic hydroxyl groups is 17. The number of ether oxygens (including phenoxy) is 12. The molecule has 6 aliphatic rings. The Balaban J connectivity index is 1.37. The van der Waals surface area contributed by atoms with E-state index in [0.717, 1.165) is 13.8 Å². The maximum Gasteiger partial charge on any atom is 0.217 e. The third-order valence-corrected chi connectivity index (χ3v) is 14.1. The zero-order chi connectivity index (χ0) is 58.3. The van der Waals surface area contributed by atoms with Crippen LogP contribution in [0.2, 0.25) is 0 Å². The van der Waals surface area contributed by atoms with Crippen molar-refractivity contribution >= 4 is 18.2 Å². The molecule has 20 N–H and O–H groups in total. The molecule has 79 heavy (non-hydrogen) atoms. The summed E-state index contributed by atoms with van der Waals surface area (Å²) >= 11 is 0. The summed E-state index contributed by atoms with van der Waals surface area (Å²) in [7, 11) is 0. The van der Waals surface area contributed by atoms with Gasteiger partial charge in [-0.25, -0.2) is 0 Å². The smallest absolute Gasteiger partial charge is 0.217 e. The normalized spacial score (nSPS) is 47.2. The highest BCUT2D eigenvalue weighted by Gasteiger charge is 2.58. The number of hydrogen-bond acceptors (Lipinski definition) is 32. The molecule has 0 unspecified atom stereocenters. The molecule has 3 amide bonds. The summed E-state index contributed by atoms with van der Waals surface area (Å²) in [5.74, 6) is -1.67. The molecule has 6 fully saturated rings. The number of rotatable bonds is 23. The van der Waals surface area contributed by atoms with Crippen LogP contribution in [0.25, 0.3) is 0 Å². The largest absolute Gasteiger partial charge is 0.394 e. The van der Waals surface area contributed by atoms with Gasteiger partial charge in [0.05, 0.1) is 58.4 Å². The summed E-state index contributed by atoms with van der Waals surface area (Å²) in [5, 5.41) is 191. The summed E-state index contributed by atoms with van der Waals surface area (Å²) in [4.78, 5) is 36.4. The predicted molar refractivity (Wildman–Crippen MR) is 245 cm³/mol. The van der Waals surface area contributed by atoms with Crippen LogP contribution >= 0.6 is 0 Å². The maximum atomic E-state index is 13.2. The van der Waals surface area contributed by atoms with Crippen molar-refractivity contribution in [2.75, 3.05) is 46.2 Å². The van der Waals surface area contributed by atoms with E-state index in [2.05, 4.69) is 16.0 Å². The van der Waals surface area contributed by atoms with Gasteiger partial charge in [-0.05, 0) is 6.92 Å². The van der Waals surface area contributed by atoms with E-state index < -0.39 is 248 Å². The third kappa shape index (κ3) is 15.0. The lowest BCUT2D eigenvalue weighted by Gasteiger charge is -2.52. The minimum atomic E-state index is -2.33. The Labute approximate surface area is 448 Å². The fourth-order valence-electron chi connectivity index (χ4n) is 9.74. The summed E-state index contributed by atoms with van der Waals surface area (Å²) < 4.78 is 70.4. The summed E-state index contributed by atoms with van der Waals surface area (Å²) in [6, 6.07) is -4.47. The highest BCUT2D eigenvalue weighted by atomic mass is 16.8. The van der Waals surface area contributed by atoms with Gasteiger partial charge in [0, 0.05) is 13.8 Å². The molecule has 0 aromatic carbocycles. The average molecular weight is 1160 g/mol. The van der Waals surface area contributed by atoms with E-state index in [9.17, 15) is 101 Å². The van der Waals surface area contributed by atoms with Crippen LogP contribution in [0, 0.1) is 0 Å². The van der Waals surface area contributed by atoms with Crippen molar-refractivity contribution in [2.45, 2.75) is 211 Å². The molecule has 35 heteroatoms. The van der Waals surface area contributed by atoms with E-state index in [4.69, 9.17) is 56.8 Å². The fraction of sp³-hybridized carbons (Fsp3) is 0.932. The lowest BCUT2D eigenvalue weighted by Crippen LogP contribution is -2.71. The Bertz CT molecular complexity index is 1900. The first kappa shape index (κ1) is 65.4. The molecule has 35 nitrogen and oxygen atoms in total. The molecule has 6 saturated heterocycles.